The summed E-state index contributed by atoms with van der Waals surface area (Å²) >= 11 is 4.98. The molecule has 0 spiro atoms. The number of hydrogen-bond acceptors (Lipinski definition) is 3. The van der Waals surface area contributed by atoms with Crippen LogP contribution in [0.1, 0.15) is 17.4 Å². The summed E-state index contributed by atoms with van der Waals surface area (Å²) in [7, 11) is 0. The topological polar surface area (TPSA) is 49.3 Å². The minimum atomic E-state index is -1.10. The molecule has 5 heteroatoms. The minimum Gasteiger partial charge on any atom is -0.480 e. The predicted octanol–water partition coefficient (Wildman–Crippen LogP) is 3.60. The molecule has 1 unspecified atom stereocenters. The fourth-order valence-corrected chi connectivity index (χ4v) is 2.82. The van der Waals surface area contributed by atoms with Crippen molar-refractivity contribution in [2.45, 2.75) is 19.0 Å². The lowest BCUT2D eigenvalue weighted by atomic mass is 9.92. The molecular formula is C14H14BrNO2S. The highest BCUT2D eigenvalue weighted by Gasteiger charge is 2.34. The first kappa shape index (κ1) is 14.2. The number of carbonyl (C=O) groups is 1. The van der Waals surface area contributed by atoms with Gasteiger partial charge in [0.1, 0.15) is 5.54 Å². The van der Waals surface area contributed by atoms with Gasteiger partial charge in [0, 0.05) is 15.9 Å². The predicted molar refractivity (Wildman–Crippen MR) is 80.3 cm³/mol. The molecule has 0 amide bonds. The molecule has 2 rings (SSSR count). The molecule has 100 valence electrons. The maximum absolute atomic E-state index is 11.6. The Bertz CT molecular complexity index is 571. The second kappa shape index (κ2) is 5.86. The second-order valence-electron chi connectivity index (χ2n) is 4.37. The van der Waals surface area contributed by atoms with Crippen molar-refractivity contribution in [1.29, 1.82) is 0 Å². The lowest BCUT2D eigenvalue weighted by Crippen LogP contribution is -2.46. The van der Waals surface area contributed by atoms with Crippen LogP contribution in [-0.2, 0) is 16.9 Å². The third-order valence-electron chi connectivity index (χ3n) is 3.03. The van der Waals surface area contributed by atoms with Crippen LogP contribution in [0, 0.1) is 0 Å². The molecule has 0 aliphatic rings. The van der Waals surface area contributed by atoms with Crippen molar-refractivity contribution in [1.82, 2.24) is 5.32 Å². The first-order valence-corrected chi connectivity index (χ1v) is 7.46. The largest absolute Gasteiger partial charge is 0.480 e. The third kappa shape index (κ3) is 3.23. The zero-order valence-electron chi connectivity index (χ0n) is 10.4. The summed E-state index contributed by atoms with van der Waals surface area (Å²) in [5.74, 6) is -0.887. The molecule has 0 bridgehead atoms. The van der Waals surface area contributed by atoms with Crippen LogP contribution in [0.2, 0.25) is 0 Å². The van der Waals surface area contributed by atoms with Crippen LogP contribution < -0.4 is 5.32 Å². The Morgan fingerprint density at radius 2 is 2.21 bits per heavy atom. The number of carboxylic acid groups (broad SMARTS) is 1. The van der Waals surface area contributed by atoms with Crippen molar-refractivity contribution < 1.29 is 9.90 Å². The summed E-state index contributed by atoms with van der Waals surface area (Å²) in [6.45, 7) is 2.22. The van der Waals surface area contributed by atoms with Crippen LogP contribution >= 0.6 is 27.3 Å². The van der Waals surface area contributed by atoms with E-state index in [1.807, 2.05) is 41.8 Å². The summed E-state index contributed by atoms with van der Waals surface area (Å²) in [5.41, 5.74) is -0.376. The van der Waals surface area contributed by atoms with E-state index in [0.29, 0.717) is 6.54 Å². The SMILES string of the molecule is CC(NCc1cccs1)(C(=O)O)c1cccc(Br)c1. The minimum absolute atomic E-state index is 0.535. The van der Waals surface area contributed by atoms with Crippen LogP contribution in [0.5, 0.6) is 0 Å². The van der Waals surface area contributed by atoms with Gasteiger partial charge in [0.05, 0.1) is 0 Å². The summed E-state index contributed by atoms with van der Waals surface area (Å²) in [5, 5.41) is 14.6. The van der Waals surface area contributed by atoms with E-state index in [-0.39, 0.29) is 0 Å². The molecule has 0 saturated carbocycles. The van der Waals surface area contributed by atoms with Crippen LogP contribution in [0.4, 0.5) is 0 Å². The Labute approximate surface area is 124 Å². The molecule has 3 nitrogen and oxygen atoms in total. The van der Waals surface area contributed by atoms with Crippen molar-refractivity contribution in [3.8, 4) is 0 Å². The summed E-state index contributed by atoms with van der Waals surface area (Å²) < 4.78 is 0.871. The first-order chi connectivity index (χ1) is 9.02. The highest BCUT2D eigenvalue weighted by atomic mass is 79.9. The molecule has 19 heavy (non-hydrogen) atoms. The van der Waals surface area contributed by atoms with Gasteiger partial charge in [0.2, 0.25) is 0 Å². The molecular weight excluding hydrogens is 326 g/mol. The zero-order chi connectivity index (χ0) is 13.9. The van der Waals surface area contributed by atoms with Gasteiger partial charge in [0.25, 0.3) is 0 Å². The number of carboxylic acids is 1. The average Bonchev–Trinajstić information content (AvgIpc) is 2.88. The number of benzene rings is 1. The lowest BCUT2D eigenvalue weighted by molar-refractivity contribution is -0.144. The Hall–Kier alpha value is -1.17. The molecule has 0 fully saturated rings. The van der Waals surface area contributed by atoms with E-state index in [1.54, 1.807) is 18.3 Å². The second-order valence-corrected chi connectivity index (χ2v) is 6.32. The monoisotopic (exact) mass is 339 g/mol. The molecule has 1 aromatic heterocycles. The van der Waals surface area contributed by atoms with Crippen molar-refractivity contribution >= 4 is 33.2 Å². The fraction of sp³-hybridized carbons (Fsp3) is 0.214. The summed E-state index contributed by atoms with van der Waals surface area (Å²) in [6.07, 6.45) is 0. The summed E-state index contributed by atoms with van der Waals surface area (Å²) in [6, 6.07) is 11.3. The maximum Gasteiger partial charge on any atom is 0.328 e. The number of nitrogens with one attached hydrogen (secondary N) is 1. The van der Waals surface area contributed by atoms with Gasteiger partial charge in [-0.3, -0.25) is 5.32 Å². The first-order valence-electron chi connectivity index (χ1n) is 5.79. The molecule has 0 radical (unpaired) electrons. The van der Waals surface area contributed by atoms with Crippen LogP contribution in [0.3, 0.4) is 0 Å². The van der Waals surface area contributed by atoms with Gasteiger partial charge in [-0.1, -0.05) is 34.1 Å². The van der Waals surface area contributed by atoms with Gasteiger partial charge < -0.3 is 5.11 Å². The molecule has 0 aliphatic heterocycles. The van der Waals surface area contributed by atoms with Crippen LogP contribution in [0.15, 0.2) is 46.3 Å². The molecule has 1 atom stereocenters. The highest BCUT2D eigenvalue weighted by Crippen LogP contribution is 2.25. The molecule has 2 aromatic rings. The van der Waals surface area contributed by atoms with Gasteiger partial charge in [-0.05, 0) is 36.1 Å². The van der Waals surface area contributed by atoms with Gasteiger partial charge >= 0.3 is 5.97 Å². The molecule has 0 aliphatic carbocycles. The van der Waals surface area contributed by atoms with Crippen LogP contribution in [0.25, 0.3) is 0 Å². The smallest absolute Gasteiger partial charge is 0.328 e. The Morgan fingerprint density at radius 1 is 1.42 bits per heavy atom. The van der Waals surface area contributed by atoms with Gasteiger partial charge in [-0.25, -0.2) is 4.79 Å². The van der Waals surface area contributed by atoms with E-state index in [0.717, 1.165) is 14.9 Å². The number of halogens is 1. The van der Waals surface area contributed by atoms with Gasteiger partial charge in [0.15, 0.2) is 0 Å². The van der Waals surface area contributed by atoms with E-state index >= 15 is 0 Å². The van der Waals surface area contributed by atoms with Gasteiger partial charge in [-0.15, -0.1) is 11.3 Å². The molecule has 1 aromatic carbocycles. The number of rotatable bonds is 5. The average molecular weight is 340 g/mol. The highest BCUT2D eigenvalue weighted by molar-refractivity contribution is 9.10. The molecule has 2 N–H and O–H groups in total. The fourth-order valence-electron chi connectivity index (χ4n) is 1.78. The Kier molecular flexibility index (Phi) is 4.39. The van der Waals surface area contributed by atoms with Crippen molar-refractivity contribution in [2.75, 3.05) is 0 Å². The van der Waals surface area contributed by atoms with E-state index in [2.05, 4.69) is 21.2 Å². The van der Waals surface area contributed by atoms with E-state index in [1.165, 1.54) is 0 Å². The van der Waals surface area contributed by atoms with E-state index in [9.17, 15) is 9.90 Å². The van der Waals surface area contributed by atoms with E-state index < -0.39 is 11.5 Å². The number of hydrogen-bond donors (Lipinski definition) is 2. The van der Waals surface area contributed by atoms with Crippen molar-refractivity contribution in [3.05, 3.63) is 56.7 Å². The summed E-state index contributed by atoms with van der Waals surface area (Å²) in [4.78, 5) is 12.7. The Morgan fingerprint density at radius 3 is 2.79 bits per heavy atom. The number of aliphatic carboxylic acids is 1. The molecule has 1 heterocycles. The Balaban J connectivity index is 2.24. The normalized spacial score (nSPS) is 14.0. The van der Waals surface area contributed by atoms with Crippen LogP contribution in [-0.4, -0.2) is 11.1 Å². The number of thiophene rings is 1. The van der Waals surface area contributed by atoms with E-state index in [4.69, 9.17) is 0 Å². The standard InChI is InChI=1S/C14H14BrNO2S/c1-14(13(17)18,10-4-2-5-11(15)8-10)16-9-12-6-3-7-19-12/h2-8,16H,9H2,1H3,(H,17,18). The molecule has 0 saturated heterocycles. The van der Waals surface area contributed by atoms with Gasteiger partial charge in [-0.2, -0.15) is 0 Å². The quantitative estimate of drug-likeness (QED) is 0.874. The van der Waals surface area contributed by atoms with Crippen molar-refractivity contribution in [2.24, 2.45) is 0 Å². The zero-order valence-corrected chi connectivity index (χ0v) is 12.8. The maximum atomic E-state index is 11.6. The third-order valence-corrected chi connectivity index (χ3v) is 4.40. The van der Waals surface area contributed by atoms with Crippen molar-refractivity contribution in [3.63, 3.8) is 0 Å². The lowest BCUT2D eigenvalue weighted by Gasteiger charge is -2.27.